The van der Waals surface area contributed by atoms with Crippen LogP contribution >= 0.6 is 0 Å². The summed E-state index contributed by atoms with van der Waals surface area (Å²) in [6.45, 7) is 1.98. The lowest BCUT2D eigenvalue weighted by molar-refractivity contribution is -0.117. The summed E-state index contributed by atoms with van der Waals surface area (Å²) in [7, 11) is -3.72. The number of primary sulfonamides is 1. The molecule has 3 rings (SSSR count). The van der Waals surface area contributed by atoms with Crippen molar-refractivity contribution in [3.05, 3.63) is 36.0 Å². The molecular formula is C14H15N3O3S. The van der Waals surface area contributed by atoms with E-state index in [1.807, 2.05) is 25.1 Å². The van der Waals surface area contributed by atoms with E-state index in [1.54, 1.807) is 12.3 Å². The number of sulfonamides is 1. The number of carbonyl (C=O) groups is 1. The second kappa shape index (κ2) is 4.78. The van der Waals surface area contributed by atoms with E-state index in [0.29, 0.717) is 0 Å². The van der Waals surface area contributed by atoms with Crippen molar-refractivity contribution in [3.63, 3.8) is 0 Å². The minimum atomic E-state index is -3.72. The van der Waals surface area contributed by atoms with Crippen molar-refractivity contribution >= 4 is 32.5 Å². The number of fused-ring (bicyclic) bond motifs is 1. The number of rotatable bonds is 2. The first-order valence-electron chi connectivity index (χ1n) is 6.54. The molecule has 1 atom stereocenters. The zero-order valence-electron chi connectivity index (χ0n) is 11.5. The lowest BCUT2D eigenvalue weighted by atomic mass is 10.1. The molecule has 1 unspecified atom stereocenters. The highest BCUT2D eigenvalue weighted by atomic mass is 32.2. The molecule has 6 nitrogen and oxygen atoms in total. The number of benzene rings is 1. The van der Waals surface area contributed by atoms with Gasteiger partial charge in [-0.15, -0.1) is 0 Å². The Morgan fingerprint density at radius 3 is 2.76 bits per heavy atom. The van der Waals surface area contributed by atoms with Gasteiger partial charge >= 0.3 is 0 Å². The van der Waals surface area contributed by atoms with Crippen LogP contribution in [0.4, 0.5) is 5.69 Å². The van der Waals surface area contributed by atoms with E-state index in [4.69, 9.17) is 5.14 Å². The lowest BCUT2D eigenvalue weighted by Crippen LogP contribution is -2.32. The molecule has 1 aliphatic heterocycles. The second-order valence-corrected chi connectivity index (χ2v) is 7.07. The standard InChI is InChI=1S/C14H15N3O3S/c1-9-4-5-12-11(3-2-6-16-12)14(9)17-8-10(7-13(17)18)21(15,19)20/h2-6,10H,7-8H2,1H3,(H2,15,19,20). The van der Waals surface area contributed by atoms with E-state index in [1.165, 1.54) is 4.90 Å². The molecule has 7 heteroatoms. The third-order valence-corrected chi connectivity index (χ3v) is 5.03. The van der Waals surface area contributed by atoms with Gasteiger partial charge in [0.15, 0.2) is 0 Å². The van der Waals surface area contributed by atoms with E-state index in [2.05, 4.69) is 4.98 Å². The van der Waals surface area contributed by atoms with Crippen molar-refractivity contribution in [2.24, 2.45) is 5.14 Å². The van der Waals surface area contributed by atoms with Gasteiger partial charge in [0, 0.05) is 24.5 Å². The maximum absolute atomic E-state index is 12.2. The van der Waals surface area contributed by atoms with Gasteiger partial charge in [-0.05, 0) is 30.7 Å². The Kier molecular flexibility index (Phi) is 3.18. The Labute approximate surface area is 122 Å². The van der Waals surface area contributed by atoms with Gasteiger partial charge in [0.25, 0.3) is 0 Å². The second-order valence-electron chi connectivity index (χ2n) is 5.22. The van der Waals surface area contributed by atoms with Crippen LogP contribution in [0.15, 0.2) is 30.5 Å². The topological polar surface area (TPSA) is 93.4 Å². The molecule has 1 aromatic heterocycles. The number of nitrogens with two attached hydrogens (primary N) is 1. The molecule has 110 valence electrons. The number of anilines is 1. The molecule has 0 bridgehead atoms. The summed E-state index contributed by atoms with van der Waals surface area (Å²) < 4.78 is 23.0. The smallest absolute Gasteiger partial charge is 0.228 e. The third-order valence-electron chi connectivity index (χ3n) is 3.78. The van der Waals surface area contributed by atoms with Crippen LogP contribution < -0.4 is 10.0 Å². The molecule has 0 spiro atoms. The van der Waals surface area contributed by atoms with Crippen LogP contribution in [-0.2, 0) is 14.8 Å². The highest BCUT2D eigenvalue weighted by Gasteiger charge is 2.38. The Balaban J connectivity index is 2.13. The molecule has 1 aromatic carbocycles. The Bertz CT molecular complexity index is 832. The van der Waals surface area contributed by atoms with Gasteiger partial charge < -0.3 is 4.90 Å². The highest BCUT2D eigenvalue weighted by molar-refractivity contribution is 7.89. The first-order chi connectivity index (χ1) is 9.88. The summed E-state index contributed by atoms with van der Waals surface area (Å²) in [5.74, 6) is -0.228. The van der Waals surface area contributed by atoms with Crippen LogP contribution in [0.25, 0.3) is 10.9 Å². The van der Waals surface area contributed by atoms with E-state index >= 15 is 0 Å². The first-order valence-corrected chi connectivity index (χ1v) is 8.15. The molecule has 1 amide bonds. The summed E-state index contributed by atoms with van der Waals surface area (Å²) in [6, 6.07) is 7.43. The Hall–Kier alpha value is -1.99. The largest absolute Gasteiger partial charge is 0.310 e. The first kappa shape index (κ1) is 14.0. The third kappa shape index (κ3) is 2.38. The molecule has 1 saturated heterocycles. The van der Waals surface area contributed by atoms with Gasteiger partial charge in [-0.25, -0.2) is 13.6 Å². The van der Waals surface area contributed by atoms with Crippen LogP contribution in [0.5, 0.6) is 0 Å². The summed E-state index contributed by atoms with van der Waals surface area (Å²) in [5, 5.41) is 5.16. The number of amides is 1. The fourth-order valence-corrected chi connectivity index (χ4v) is 3.45. The van der Waals surface area contributed by atoms with Crippen LogP contribution in [0.1, 0.15) is 12.0 Å². The molecule has 2 N–H and O–H groups in total. The predicted octanol–water partition coefficient (Wildman–Crippen LogP) is 0.937. The zero-order valence-corrected chi connectivity index (χ0v) is 12.3. The SMILES string of the molecule is Cc1ccc2ncccc2c1N1CC(S(N)(=O)=O)CC1=O. The number of aryl methyl sites for hydroxylation is 1. The van der Waals surface area contributed by atoms with Crippen LogP contribution in [0.2, 0.25) is 0 Å². The van der Waals surface area contributed by atoms with Crippen molar-refractivity contribution in [1.29, 1.82) is 0 Å². The molecule has 1 fully saturated rings. The molecule has 2 heterocycles. The van der Waals surface area contributed by atoms with Gasteiger partial charge in [-0.1, -0.05) is 6.07 Å². The average Bonchev–Trinajstić information content (AvgIpc) is 2.80. The van der Waals surface area contributed by atoms with E-state index < -0.39 is 15.3 Å². The molecule has 2 aromatic rings. The van der Waals surface area contributed by atoms with Crippen molar-refractivity contribution in [3.8, 4) is 0 Å². The minimum absolute atomic E-state index is 0.0745. The fraction of sp³-hybridized carbons (Fsp3) is 0.286. The Morgan fingerprint density at radius 2 is 2.10 bits per heavy atom. The molecule has 0 saturated carbocycles. The van der Waals surface area contributed by atoms with E-state index in [9.17, 15) is 13.2 Å². The fourth-order valence-electron chi connectivity index (χ4n) is 2.72. The number of nitrogens with zero attached hydrogens (tertiary/aromatic N) is 2. The summed E-state index contributed by atoms with van der Waals surface area (Å²) in [6.07, 6.45) is 1.61. The van der Waals surface area contributed by atoms with Crippen molar-refractivity contribution in [1.82, 2.24) is 4.98 Å². The average molecular weight is 305 g/mol. The number of pyridine rings is 1. The van der Waals surface area contributed by atoms with Crippen LogP contribution in [0.3, 0.4) is 0 Å². The van der Waals surface area contributed by atoms with Crippen molar-refractivity contribution in [2.75, 3.05) is 11.4 Å². The zero-order chi connectivity index (χ0) is 15.2. The predicted molar refractivity (Wildman–Crippen MR) is 80.3 cm³/mol. The normalized spacial score (nSPS) is 19.4. The molecule has 0 radical (unpaired) electrons. The molecule has 0 aliphatic carbocycles. The quantitative estimate of drug-likeness (QED) is 0.893. The van der Waals surface area contributed by atoms with E-state index in [0.717, 1.165) is 22.2 Å². The lowest BCUT2D eigenvalue weighted by Gasteiger charge is -2.21. The summed E-state index contributed by atoms with van der Waals surface area (Å²) in [5.41, 5.74) is 2.39. The number of carbonyl (C=O) groups excluding carboxylic acids is 1. The van der Waals surface area contributed by atoms with Gasteiger partial charge in [0.05, 0.1) is 11.2 Å². The Morgan fingerprint density at radius 1 is 1.33 bits per heavy atom. The number of hydrogen-bond donors (Lipinski definition) is 1. The molecule has 1 aliphatic rings. The van der Waals surface area contributed by atoms with Crippen LogP contribution in [-0.4, -0.2) is 31.1 Å². The highest BCUT2D eigenvalue weighted by Crippen LogP contribution is 2.33. The maximum atomic E-state index is 12.2. The number of aromatic nitrogens is 1. The molecule has 21 heavy (non-hydrogen) atoms. The van der Waals surface area contributed by atoms with E-state index in [-0.39, 0.29) is 18.9 Å². The van der Waals surface area contributed by atoms with Gasteiger partial charge in [-0.3, -0.25) is 9.78 Å². The summed E-state index contributed by atoms with van der Waals surface area (Å²) >= 11 is 0. The monoisotopic (exact) mass is 305 g/mol. The minimum Gasteiger partial charge on any atom is -0.310 e. The van der Waals surface area contributed by atoms with Gasteiger partial charge in [0.1, 0.15) is 5.25 Å². The van der Waals surface area contributed by atoms with Gasteiger partial charge in [0.2, 0.25) is 15.9 Å². The van der Waals surface area contributed by atoms with Crippen molar-refractivity contribution in [2.45, 2.75) is 18.6 Å². The summed E-state index contributed by atoms with van der Waals surface area (Å²) in [4.78, 5) is 18.0. The molecular weight excluding hydrogens is 290 g/mol. The van der Waals surface area contributed by atoms with Crippen LogP contribution in [0, 0.1) is 6.92 Å². The maximum Gasteiger partial charge on any atom is 0.228 e. The van der Waals surface area contributed by atoms with Gasteiger partial charge in [-0.2, -0.15) is 0 Å². The van der Waals surface area contributed by atoms with Crippen molar-refractivity contribution < 1.29 is 13.2 Å². The number of hydrogen-bond acceptors (Lipinski definition) is 4.